The fourth-order valence-electron chi connectivity index (χ4n) is 2.47. The monoisotopic (exact) mass is 523 g/mol. The fraction of sp³-hybridized carbons (Fsp3) is 0.300. The van der Waals surface area contributed by atoms with Crippen LogP contribution in [0, 0.1) is 0 Å². The number of halogens is 1. The molecule has 0 unspecified atom stereocenters. The third kappa shape index (κ3) is 7.50. The lowest BCUT2D eigenvalue weighted by Crippen LogP contribution is -2.36. The molecule has 9 nitrogen and oxygen atoms in total. The number of pyridine rings is 1. The number of aryl methyl sites for hydroxylation is 1. The Bertz CT molecular complexity index is 901. The molecule has 0 spiro atoms. The van der Waals surface area contributed by atoms with Crippen LogP contribution < -0.4 is 20.1 Å². The van der Waals surface area contributed by atoms with E-state index in [-0.39, 0.29) is 24.0 Å². The van der Waals surface area contributed by atoms with Crippen molar-refractivity contribution in [3.63, 3.8) is 0 Å². The molecule has 2 aromatic heterocycles. The zero-order valence-corrected chi connectivity index (χ0v) is 19.3. The van der Waals surface area contributed by atoms with E-state index in [1.807, 2.05) is 49.5 Å². The molecule has 160 valence electrons. The Labute approximate surface area is 193 Å². The third-order valence-corrected chi connectivity index (χ3v) is 4.05. The van der Waals surface area contributed by atoms with Gasteiger partial charge in [0.2, 0.25) is 5.88 Å². The standard InChI is InChI=1S/C20H25N7O2.HI/c1-21-20(24-14-18-25-15-26-27(18)2)23-13-16-8-9-19(22-12-16)29-11-10-28-17-6-4-3-5-7-17;/h3-9,12,15H,10-11,13-14H2,1-2H3,(H2,21,23,24);1H. The molecule has 0 bridgehead atoms. The van der Waals surface area contributed by atoms with Gasteiger partial charge in [-0.25, -0.2) is 9.97 Å². The molecule has 2 N–H and O–H groups in total. The number of aliphatic imine (C=N–C) groups is 1. The number of guanidine groups is 1. The van der Waals surface area contributed by atoms with E-state index in [2.05, 4.69) is 30.7 Å². The van der Waals surface area contributed by atoms with Crippen LogP contribution in [0.5, 0.6) is 11.6 Å². The van der Waals surface area contributed by atoms with E-state index < -0.39 is 0 Å². The van der Waals surface area contributed by atoms with Gasteiger partial charge in [-0.15, -0.1) is 24.0 Å². The van der Waals surface area contributed by atoms with Crippen molar-refractivity contribution in [3.05, 3.63) is 66.4 Å². The molecule has 0 saturated carbocycles. The van der Waals surface area contributed by atoms with Crippen LogP contribution in [-0.4, -0.2) is 46.0 Å². The van der Waals surface area contributed by atoms with Gasteiger partial charge in [0.1, 0.15) is 31.1 Å². The van der Waals surface area contributed by atoms with Crippen molar-refractivity contribution in [2.24, 2.45) is 12.0 Å². The van der Waals surface area contributed by atoms with Crippen LogP contribution in [0.3, 0.4) is 0 Å². The van der Waals surface area contributed by atoms with E-state index in [4.69, 9.17) is 9.47 Å². The molecule has 2 heterocycles. The Hall–Kier alpha value is -2.89. The van der Waals surface area contributed by atoms with Crippen LogP contribution in [0.25, 0.3) is 0 Å². The number of benzene rings is 1. The second-order valence-electron chi connectivity index (χ2n) is 6.09. The number of ether oxygens (including phenoxy) is 2. The summed E-state index contributed by atoms with van der Waals surface area (Å²) >= 11 is 0. The van der Waals surface area contributed by atoms with Gasteiger partial charge in [0, 0.05) is 32.9 Å². The molecule has 0 aliphatic carbocycles. The number of para-hydroxylation sites is 1. The van der Waals surface area contributed by atoms with E-state index in [0.29, 0.717) is 38.1 Å². The topological polar surface area (TPSA) is 98.5 Å². The third-order valence-electron chi connectivity index (χ3n) is 4.05. The molecule has 0 fully saturated rings. The first-order chi connectivity index (χ1) is 14.2. The number of rotatable bonds is 9. The Morgan fingerprint density at radius 1 is 1.00 bits per heavy atom. The molecule has 3 rings (SSSR count). The number of nitrogens with one attached hydrogen (secondary N) is 2. The summed E-state index contributed by atoms with van der Waals surface area (Å²) in [6.07, 6.45) is 3.30. The molecule has 0 aliphatic heterocycles. The zero-order chi connectivity index (χ0) is 20.3. The quantitative estimate of drug-likeness (QED) is 0.192. The Morgan fingerprint density at radius 3 is 2.43 bits per heavy atom. The maximum absolute atomic E-state index is 5.61. The van der Waals surface area contributed by atoms with E-state index in [1.54, 1.807) is 17.9 Å². The predicted octanol–water partition coefficient (Wildman–Crippen LogP) is 2.15. The second-order valence-corrected chi connectivity index (χ2v) is 6.09. The summed E-state index contributed by atoms with van der Waals surface area (Å²) in [5, 5.41) is 10.5. The first kappa shape index (κ1) is 23.4. The van der Waals surface area contributed by atoms with Gasteiger partial charge >= 0.3 is 0 Å². The van der Waals surface area contributed by atoms with E-state index in [1.165, 1.54) is 6.33 Å². The predicted molar refractivity (Wildman–Crippen MR) is 125 cm³/mol. The summed E-state index contributed by atoms with van der Waals surface area (Å²) in [4.78, 5) is 12.7. The maximum atomic E-state index is 5.61. The molecule has 0 atom stereocenters. The average Bonchev–Trinajstić information content (AvgIpc) is 3.18. The van der Waals surface area contributed by atoms with Crippen LogP contribution >= 0.6 is 24.0 Å². The van der Waals surface area contributed by atoms with Crippen LogP contribution in [0.2, 0.25) is 0 Å². The number of hydrogen-bond donors (Lipinski definition) is 2. The van der Waals surface area contributed by atoms with Gasteiger partial charge in [0.15, 0.2) is 5.96 Å². The van der Waals surface area contributed by atoms with Crippen molar-refractivity contribution in [3.8, 4) is 11.6 Å². The molecule has 0 aliphatic rings. The van der Waals surface area contributed by atoms with Crippen molar-refractivity contribution < 1.29 is 9.47 Å². The number of nitrogens with zero attached hydrogens (tertiary/aromatic N) is 5. The van der Waals surface area contributed by atoms with Gasteiger partial charge in [0.05, 0.1) is 6.54 Å². The minimum atomic E-state index is 0. The smallest absolute Gasteiger partial charge is 0.213 e. The molecular formula is C20H26IN7O2. The summed E-state index contributed by atoms with van der Waals surface area (Å²) in [6, 6.07) is 13.5. The molecular weight excluding hydrogens is 497 g/mol. The molecule has 0 amide bonds. The van der Waals surface area contributed by atoms with Crippen LogP contribution in [0.15, 0.2) is 60.0 Å². The SMILES string of the molecule is CN=C(NCc1ccc(OCCOc2ccccc2)nc1)NCc1ncnn1C.I. The first-order valence-corrected chi connectivity index (χ1v) is 9.27. The average molecular weight is 523 g/mol. The molecule has 0 radical (unpaired) electrons. The van der Waals surface area contributed by atoms with Crippen molar-refractivity contribution >= 4 is 29.9 Å². The number of aromatic nitrogens is 4. The summed E-state index contributed by atoms with van der Waals surface area (Å²) in [5.41, 5.74) is 1.01. The van der Waals surface area contributed by atoms with Crippen LogP contribution in [0.4, 0.5) is 0 Å². The second kappa shape index (κ2) is 12.6. The summed E-state index contributed by atoms with van der Waals surface area (Å²) in [7, 11) is 3.57. The van der Waals surface area contributed by atoms with Crippen molar-refractivity contribution in [2.75, 3.05) is 20.3 Å². The Balaban J connectivity index is 0.00000320. The molecule has 10 heteroatoms. The van der Waals surface area contributed by atoms with Gasteiger partial charge in [-0.05, 0) is 17.7 Å². The van der Waals surface area contributed by atoms with Crippen molar-refractivity contribution in [2.45, 2.75) is 13.1 Å². The van der Waals surface area contributed by atoms with Gasteiger partial charge in [-0.3, -0.25) is 9.67 Å². The van der Waals surface area contributed by atoms with E-state index in [9.17, 15) is 0 Å². The minimum absolute atomic E-state index is 0. The lowest BCUT2D eigenvalue weighted by atomic mass is 10.3. The summed E-state index contributed by atoms with van der Waals surface area (Å²) in [6.45, 7) is 2.01. The zero-order valence-electron chi connectivity index (χ0n) is 17.0. The van der Waals surface area contributed by atoms with Gasteiger partial charge in [0.25, 0.3) is 0 Å². The van der Waals surface area contributed by atoms with Gasteiger partial charge < -0.3 is 20.1 Å². The van der Waals surface area contributed by atoms with Crippen LogP contribution in [0.1, 0.15) is 11.4 Å². The normalized spacial score (nSPS) is 10.8. The lowest BCUT2D eigenvalue weighted by Gasteiger charge is -2.12. The highest BCUT2D eigenvalue weighted by molar-refractivity contribution is 14.0. The largest absolute Gasteiger partial charge is 0.490 e. The summed E-state index contributed by atoms with van der Waals surface area (Å²) < 4.78 is 12.9. The summed E-state index contributed by atoms with van der Waals surface area (Å²) in [5.74, 6) is 2.89. The number of hydrogen-bond acceptors (Lipinski definition) is 6. The first-order valence-electron chi connectivity index (χ1n) is 9.27. The van der Waals surface area contributed by atoms with Crippen LogP contribution in [-0.2, 0) is 20.1 Å². The maximum Gasteiger partial charge on any atom is 0.213 e. The fourth-order valence-corrected chi connectivity index (χ4v) is 2.47. The highest BCUT2D eigenvalue weighted by Gasteiger charge is 2.04. The highest BCUT2D eigenvalue weighted by atomic mass is 127. The lowest BCUT2D eigenvalue weighted by molar-refractivity contribution is 0.212. The minimum Gasteiger partial charge on any atom is -0.490 e. The van der Waals surface area contributed by atoms with Gasteiger partial charge in [-0.2, -0.15) is 5.10 Å². The molecule has 3 aromatic rings. The van der Waals surface area contributed by atoms with Gasteiger partial charge in [-0.1, -0.05) is 24.3 Å². The van der Waals surface area contributed by atoms with Crippen molar-refractivity contribution in [1.82, 2.24) is 30.4 Å². The molecule has 1 aromatic carbocycles. The Morgan fingerprint density at radius 2 is 1.77 bits per heavy atom. The Kier molecular flexibility index (Phi) is 9.84. The molecule has 0 saturated heterocycles. The molecule has 30 heavy (non-hydrogen) atoms. The highest BCUT2D eigenvalue weighted by Crippen LogP contribution is 2.09. The van der Waals surface area contributed by atoms with E-state index >= 15 is 0 Å². The van der Waals surface area contributed by atoms with Crippen molar-refractivity contribution in [1.29, 1.82) is 0 Å². The van der Waals surface area contributed by atoms with E-state index in [0.717, 1.165) is 17.1 Å².